The predicted molar refractivity (Wildman–Crippen MR) is 120 cm³/mol. The summed E-state index contributed by atoms with van der Waals surface area (Å²) in [6.45, 7) is 1.47. The Hall–Kier alpha value is -3.45. The summed E-state index contributed by atoms with van der Waals surface area (Å²) >= 11 is 0. The molecule has 6 nitrogen and oxygen atoms in total. The minimum absolute atomic E-state index is 0.162. The lowest BCUT2D eigenvalue weighted by Crippen LogP contribution is -2.17. The summed E-state index contributed by atoms with van der Waals surface area (Å²) in [7, 11) is 2.12. The minimum Gasteiger partial charge on any atom is -0.487 e. The number of hydrogen-bond acceptors (Lipinski definition) is 5. The Morgan fingerprint density at radius 1 is 1.16 bits per heavy atom. The zero-order chi connectivity index (χ0) is 22.1. The number of hydrogen-bond donors (Lipinski definition) is 0. The lowest BCUT2D eigenvalue weighted by Gasteiger charge is -2.12. The number of ether oxygens (including phenoxy) is 1. The molecule has 1 aromatic carbocycles. The van der Waals surface area contributed by atoms with Crippen molar-refractivity contribution in [3.05, 3.63) is 87.8 Å². The first-order valence-electron chi connectivity index (χ1n) is 10.7. The van der Waals surface area contributed by atoms with Crippen LogP contribution in [0.5, 0.6) is 5.75 Å². The van der Waals surface area contributed by atoms with Gasteiger partial charge in [-0.1, -0.05) is 6.07 Å². The molecule has 0 saturated heterocycles. The van der Waals surface area contributed by atoms with Crippen LogP contribution in [0.25, 0.3) is 16.7 Å². The third-order valence-electron chi connectivity index (χ3n) is 5.79. The van der Waals surface area contributed by atoms with Gasteiger partial charge in [-0.05, 0) is 50.3 Å². The molecule has 5 rings (SSSR count). The van der Waals surface area contributed by atoms with Gasteiger partial charge in [-0.15, -0.1) is 0 Å². The SMILES string of the molecule is CN1CCCc2oc3cc(-n4ccc(OCc5cccc(CF)n5)cc4=O)ccc3c2C1. The van der Waals surface area contributed by atoms with E-state index in [1.165, 1.54) is 11.6 Å². The van der Waals surface area contributed by atoms with E-state index >= 15 is 0 Å². The highest BCUT2D eigenvalue weighted by Gasteiger charge is 2.19. The van der Waals surface area contributed by atoms with E-state index in [9.17, 15) is 9.18 Å². The molecule has 0 saturated carbocycles. The second-order valence-corrected chi connectivity index (χ2v) is 8.14. The van der Waals surface area contributed by atoms with Crippen molar-refractivity contribution in [3.8, 4) is 11.4 Å². The fourth-order valence-electron chi connectivity index (χ4n) is 4.18. The zero-order valence-corrected chi connectivity index (χ0v) is 17.9. The maximum absolute atomic E-state index is 12.8. The number of aryl methyl sites for hydroxylation is 1. The van der Waals surface area contributed by atoms with Crippen molar-refractivity contribution in [2.24, 2.45) is 0 Å². The molecule has 4 heterocycles. The van der Waals surface area contributed by atoms with E-state index < -0.39 is 6.67 Å². The van der Waals surface area contributed by atoms with Crippen LogP contribution in [0.4, 0.5) is 4.39 Å². The number of rotatable bonds is 5. The monoisotopic (exact) mass is 433 g/mol. The highest BCUT2D eigenvalue weighted by atomic mass is 19.1. The van der Waals surface area contributed by atoms with Crippen molar-refractivity contribution in [2.75, 3.05) is 13.6 Å². The van der Waals surface area contributed by atoms with Crippen LogP contribution in [0.3, 0.4) is 0 Å². The van der Waals surface area contributed by atoms with E-state index in [4.69, 9.17) is 9.15 Å². The molecule has 32 heavy (non-hydrogen) atoms. The van der Waals surface area contributed by atoms with Gasteiger partial charge in [-0.2, -0.15) is 0 Å². The number of pyridine rings is 2. The quantitative estimate of drug-likeness (QED) is 0.467. The summed E-state index contributed by atoms with van der Waals surface area (Å²) < 4.78 is 26.2. The van der Waals surface area contributed by atoms with E-state index in [0.29, 0.717) is 17.1 Å². The molecule has 0 radical (unpaired) electrons. The van der Waals surface area contributed by atoms with Crippen LogP contribution >= 0.6 is 0 Å². The van der Waals surface area contributed by atoms with Crippen LogP contribution in [0.1, 0.15) is 29.1 Å². The summed E-state index contributed by atoms with van der Waals surface area (Å²) in [5.41, 5.74) is 3.54. The summed E-state index contributed by atoms with van der Waals surface area (Å²) in [5, 5.41) is 1.11. The summed E-state index contributed by atoms with van der Waals surface area (Å²) in [5.74, 6) is 1.48. The molecule has 4 aromatic rings. The summed E-state index contributed by atoms with van der Waals surface area (Å²) in [6.07, 6.45) is 3.69. The lowest BCUT2D eigenvalue weighted by atomic mass is 10.1. The average Bonchev–Trinajstić information content (AvgIpc) is 3.03. The van der Waals surface area contributed by atoms with Crippen LogP contribution in [0.15, 0.2) is 63.9 Å². The van der Waals surface area contributed by atoms with E-state index in [0.717, 1.165) is 48.3 Å². The Kier molecular flexibility index (Phi) is 5.49. The van der Waals surface area contributed by atoms with Gasteiger partial charge in [0.1, 0.15) is 30.4 Å². The van der Waals surface area contributed by atoms with Gasteiger partial charge in [-0.25, -0.2) is 4.39 Å². The van der Waals surface area contributed by atoms with Crippen molar-refractivity contribution < 1.29 is 13.5 Å². The molecule has 0 aliphatic carbocycles. The zero-order valence-electron chi connectivity index (χ0n) is 17.9. The molecule has 0 spiro atoms. The van der Waals surface area contributed by atoms with Gasteiger partial charge in [0.15, 0.2) is 0 Å². The normalized spacial score (nSPS) is 14.3. The van der Waals surface area contributed by atoms with Crippen LogP contribution in [0, 0.1) is 0 Å². The van der Waals surface area contributed by atoms with E-state index in [1.54, 1.807) is 35.0 Å². The first kappa shape index (κ1) is 20.5. The first-order valence-corrected chi connectivity index (χ1v) is 10.7. The standard InChI is InChI=1S/C25H24FN3O3/c1-28-10-3-6-23-22(15-28)21-8-7-19(12-24(21)32-23)29-11-9-20(13-25(29)30)31-16-18-5-2-4-17(14-26)27-18/h2,4-5,7-9,11-13H,3,6,10,14-16H2,1H3. The van der Waals surface area contributed by atoms with Crippen LogP contribution < -0.4 is 10.3 Å². The van der Waals surface area contributed by atoms with Crippen molar-refractivity contribution in [1.82, 2.24) is 14.5 Å². The van der Waals surface area contributed by atoms with E-state index in [-0.39, 0.29) is 12.2 Å². The largest absolute Gasteiger partial charge is 0.487 e. The number of benzene rings is 1. The Labute approximate surface area is 184 Å². The van der Waals surface area contributed by atoms with Gasteiger partial charge in [0.2, 0.25) is 0 Å². The summed E-state index contributed by atoms with van der Waals surface area (Å²) in [6, 6.07) is 14.2. The molecule has 0 unspecified atom stereocenters. The lowest BCUT2D eigenvalue weighted by molar-refractivity contribution is 0.299. The predicted octanol–water partition coefficient (Wildman–Crippen LogP) is 4.41. The van der Waals surface area contributed by atoms with Gasteiger partial charge in [-0.3, -0.25) is 14.3 Å². The molecule has 7 heteroatoms. The number of alkyl halides is 1. The van der Waals surface area contributed by atoms with Gasteiger partial charge in [0.25, 0.3) is 5.56 Å². The molecule has 0 bridgehead atoms. The van der Waals surface area contributed by atoms with Gasteiger partial charge < -0.3 is 14.1 Å². The Balaban J connectivity index is 1.38. The van der Waals surface area contributed by atoms with Crippen LogP contribution in [0.2, 0.25) is 0 Å². The molecule has 0 atom stereocenters. The molecule has 0 fully saturated rings. The molecule has 3 aromatic heterocycles. The maximum Gasteiger partial charge on any atom is 0.258 e. The number of furan rings is 1. The number of fused-ring (bicyclic) bond motifs is 3. The fraction of sp³-hybridized carbons (Fsp3) is 0.280. The molecule has 0 N–H and O–H groups in total. The minimum atomic E-state index is -0.621. The molecule has 164 valence electrons. The van der Waals surface area contributed by atoms with Crippen LogP contribution in [-0.2, 0) is 26.2 Å². The summed E-state index contributed by atoms with van der Waals surface area (Å²) in [4.78, 5) is 19.2. The third kappa shape index (κ3) is 4.03. The number of nitrogens with zero attached hydrogens (tertiary/aromatic N) is 3. The molecular weight excluding hydrogens is 409 g/mol. The molecule has 1 aliphatic heterocycles. The average molecular weight is 433 g/mol. The first-order chi connectivity index (χ1) is 15.6. The Morgan fingerprint density at radius 3 is 2.88 bits per heavy atom. The Bertz CT molecular complexity index is 1330. The van der Waals surface area contributed by atoms with Crippen molar-refractivity contribution in [2.45, 2.75) is 32.7 Å². The second kappa shape index (κ2) is 8.59. The van der Waals surface area contributed by atoms with Crippen molar-refractivity contribution in [3.63, 3.8) is 0 Å². The second-order valence-electron chi connectivity index (χ2n) is 8.14. The molecule has 1 aliphatic rings. The third-order valence-corrected chi connectivity index (χ3v) is 5.79. The topological polar surface area (TPSA) is 60.5 Å². The maximum atomic E-state index is 12.8. The van der Waals surface area contributed by atoms with Crippen molar-refractivity contribution in [1.29, 1.82) is 0 Å². The van der Waals surface area contributed by atoms with Crippen LogP contribution in [-0.4, -0.2) is 28.0 Å². The Morgan fingerprint density at radius 2 is 2.03 bits per heavy atom. The van der Waals surface area contributed by atoms with E-state index in [2.05, 4.69) is 16.9 Å². The van der Waals surface area contributed by atoms with Gasteiger partial charge in [0, 0.05) is 42.2 Å². The molecule has 0 amide bonds. The van der Waals surface area contributed by atoms with Gasteiger partial charge in [0.05, 0.1) is 17.1 Å². The number of aromatic nitrogens is 2. The highest BCUT2D eigenvalue weighted by Crippen LogP contribution is 2.31. The van der Waals surface area contributed by atoms with Crippen molar-refractivity contribution >= 4 is 11.0 Å². The van der Waals surface area contributed by atoms with Gasteiger partial charge >= 0.3 is 0 Å². The number of halogens is 1. The smallest absolute Gasteiger partial charge is 0.258 e. The molecular formula is C25H24FN3O3. The van der Waals surface area contributed by atoms with E-state index in [1.807, 2.05) is 18.2 Å². The fourth-order valence-corrected chi connectivity index (χ4v) is 4.18. The highest BCUT2D eigenvalue weighted by molar-refractivity contribution is 5.84.